The normalized spacial score (nSPS) is 21.8. The predicted octanol–water partition coefficient (Wildman–Crippen LogP) is 5.36. The Labute approximate surface area is 139 Å². The predicted molar refractivity (Wildman–Crippen MR) is 95.0 cm³/mol. The van der Waals surface area contributed by atoms with Gasteiger partial charge in [0, 0.05) is 10.9 Å². The van der Waals surface area contributed by atoms with Crippen LogP contribution >= 0.6 is 27.3 Å². The van der Waals surface area contributed by atoms with E-state index < -0.39 is 0 Å². The summed E-state index contributed by atoms with van der Waals surface area (Å²) >= 11 is 5.47. The first-order valence-corrected chi connectivity index (χ1v) is 9.44. The fourth-order valence-corrected chi connectivity index (χ4v) is 5.05. The number of nitrogens with one attached hydrogen (secondary N) is 1. The molecule has 2 aromatic rings. The summed E-state index contributed by atoms with van der Waals surface area (Å²) in [5.74, 6) is 0.694. The molecule has 0 amide bonds. The van der Waals surface area contributed by atoms with Gasteiger partial charge in [-0.25, -0.2) is 0 Å². The van der Waals surface area contributed by atoms with Gasteiger partial charge < -0.3 is 5.32 Å². The van der Waals surface area contributed by atoms with Gasteiger partial charge in [-0.05, 0) is 77.3 Å². The van der Waals surface area contributed by atoms with E-state index in [9.17, 15) is 0 Å². The van der Waals surface area contributed by atoms with Gasteiger partial charge in [-0.15, -0.1) is 11.3 Å². The molecule has 112 valence electrons. The van der Waals surface area contributed by atoms with E-state index in [1.807, 2.05) is 11.3 Å². The maximum absolute atomic E-state index is 3.75. The lowest BCUT2D eigenvalue weighted by atomic mass is 9.87. The van der Waals surface area contributed by atoms with E-state index in [-0.39, 0.29) is 0 Å². The van der Waals surface area contributed by atoms with Gasteiger partial charge in [0.25, 0.3) is 0 Å². The van der Waals surface area contributed by atoms with Crippen LogP contribution in [0.1, 0.15) is 41.8 Å². The first kappa shape index (κ1) is 15.3. The third kappa shape index (κ3) is 3.58. The van der Waals surface area contributed by atoms with Crippen LogP contribution in [0.2, 0.25) is 0 Å². The molecule has 3 heteroatoms. The minimum atomic E-state index is 0.495. The summed E-state index contributed by atoms with van der Waals surface area (Å²) in [7, 11) is 0. The van der Waals surface area contributed by atoms with Gasteiger partial charge in [0.05, 0.1) is 3.79 Å². The number of benzene rings is 1. The second-order valence-electron chi connectivity index (χ2n) is 5.80. The third-order valence-electron chi connectivity index (χ3n) is 4.40. The van der Waals surface area contributed by atoms with Crippen LogP contribution in [0.25, 0.3) is 0 Å². The lowest BCUT2D eigenvalue weighted by Gasteiger charge is -2.27. The van der Waals surface area contributed by atoms with Crippen LogP contribution in [0.3, 0.4) is 0 Å². The van der Waals surface area contributed by atoms with E-state index in [4.69, 9.17) is 0 Å². The average molecular weight is 364 g/mol. The van der Waals surface area contributed by atoms with Gasteiger partial charge in [-0.2, -0.15) is 0 Å². The molecule has 0 saturated heterocycles. The van der Waals surface area contributed by atoms with Gasteiger partial charge in [0.15, 0.2) is 0 Å². The Morgan fingerprint density at radius 2 is 2.10 bits per heavy atom. The number of halogens is 1. The summed E-state index contributed by atoms with van der Waals surface area (Å²) in [5.41, 5.74) is 3.07. The van der Waals surface area contributed by atoms with Gasteiger partial charge in [0.1, 0.15) is 0 Å². The molecule has 0 aliphatic heterocycles. The molecule has 1 aliphatic rings. The number of rotatable bonds is 4. The van der Waals surface area contributed by atoms with E-state index >= 15 is 0 Å². The van der Waals surface area contributed by atoms with E-state index in [1.54, 1.807) is 5.56 Å². The van der Waals surface area contributed by atoms with Crippen molar-refractivity contribution >= 4 is 27.3 Å². The van der Waals surface area contributed by atoms with Crippen LogP contribution < -0.4 is 5.32 Å². The van der Waals surface area contributed by atoms with Crippen molar-refractivity contribution < 1.29 is 0 Å². The first-order chi connectivity index (χ1) is 10.3. The maximum atomic E-state index is 3.75. The highest BCUT2D eigenvalue weighted by Gasteiger charge is 2.27. The fraction of sp³-hybridized carbons (Fsp3) is 0.444. The summed E-state index contributed by atoms with van der Waals surface area (Å²) < 4.78 is 1.24. The lowest BCUT2D eigenvalue weighted by Crippen LogP contribution is -2.29. The molecule has 1 heterocycles. The minimum Gasteiger partial charge on any atom is -0.310 e. The zero-order chi connectivity index (χ0) is 14.7. The Kier molecular flexibility index (Phi) is 5.15. The lowest BCUT2D eigenvalue weighted by molar-refractivity contribution is 0.348. The van der Waals surface area contributed by atoms with Gasteiger partial charge >= 0.3 is 0 Å². The van der Waals surface area contributed by atoms with Crippen molar-refractivity contribution in [2.45, 2.75) is 38.6 Å². The number of thiophene rings is 1. The van der Waals surface area contributed by atoms with Gasteiger partial charge in [0.2, 0.25) is 0 Å². The topological polar surface area (TPSA) is 12.0 Å². The zero-order valence-electron chi connectivity index (χ0n) is 12.4. The smallest absolute Gasteiger partial charge is 0.0701 e. The Balaban J connectivity index is 1.88. The van der Waals surface area contributed by atoms with E-state index in [1.165, 1.54) is 39.9 Å². The van der Waals surface area contributed by atoms with Gasteiger partial charge in [-0.1, -0.05) is 31.2 Å². The van der Waals surface area contributed by atoms with Crippen molar-refractivity contribution in [2.75, 3.05) is 6.54 Å². The second kappa shape index (κ2) is 7.08. The minimum absolute atomic E-state index is 0.495. The van der Waals surface area contributed by atoms with E-state index in [0.29, 0.717) is 12.0 Å². The Hall–Kier alpha value is -0.640. The van der Waals surface area contributed by atoms with Gasteiger partial charge in [-0.3, -0.25) is 0 Å². The molecule has 1 N–H and O–H groups in total. The number of aryl methyl sites for hydroxylation is 1. The summed E-state index contributed by atoms with van der Waals surface area (Å²) in [6, 6.07) is 13.9. The maximum Gasteiger partial charge on any atom is 0.0701 e. The van der Waals surface area contributed by atoms with Crippen LogP contribution in [-0.2, 0) is 12.8 Å². The second-order valence-corrected chi connectivity index (χ2v) is 8.34. The van der Waals surface area contributed by atoms with Crippen molar-refractivity contribution in [2.24, 2.45) is 5.92 Å². The Bertz CT molecular complexity index is 592. The van der Waals surface area contributed by atoms with E-state index in [2.05, 4.69) is 64.6 Å². The van der Waals surface area contributed by atoms with Crippen LogP contribution in [0.5, 0.6) is 0 Å². The molecular weight excluding hydrogens is 342 g/mol. The quantitative estimate of drug-likeness (QED) is 0.721. The molecular formula is C18H22BrNS. The first-order valence-electron chi connectivity index (χ1n) is 7.83. The molecule has 3 rings (SSSR count). The zero-order valence-corrected chi connectivity index (χ0v) is 14.8. The molecule has 0 saturated carbocycles. The molecule has 0 fully saturated rings. The fourth-order valence-electron chi connectivity index (χ4n) is 3.48. The van der Waals surface area contributed by atoms with E-state index in [0.717, 1.165) is 6.54 Å². The molecule has 1 nitrogen and oxygen atoms in total. The number of fused-ring (bicyclic) bond motifs is 1. The molecule has 2 unspecified atom stereocenters. The molecule has 0 bridgehead atoms. The van der Waals surface area contributed by atoms with Crippen molar-refractivity contribution in [3.63, 3.8) is 0 Å². The standard InChI is InChI=1S/C18H22BrNS/c1-2-20-18-14(12-15-10-11-17(19)21-15)8-5-7-13-6-3-4-9-16(13)18/h3-4,6,9-11,14,18,20H,2,5,7-8,12H2,1H3. The average Bonchev–Trinajstić information content (AvgIpc) is 2.81. The Morgan fingerprint density at radius 3 is 2.86 bits per heavy atom. The number of hydrogen-bond acceptors (Lipinski definition) is 2. The molecule has 2 atom stereocenters. The van der Waals surface area contributed by atoms with Crippen molar-refractivity contribution in [1.29, 1.82) is 0 Å². The molecule has 0 radical (unpaired) electrons. The van der Waals surface area contributed by atoms with Crippen LogP contribution in [0.4, 0.5) is 0 Å². The highest BCUT2D eigenvalue weighted by molar-refractivity contribution is 9.11. The SMILES string of the molecule is CCNC1c2ccccc2CCCC1Cc1ccc(Br)s1. The number of hydrogen-bond donors (Lipinski definition) is 1. The summed E-state index contributed by atoms with van der Waals surface area (Å²) in [6.45, 7) is 3.25. The van der Waals surface area contributed by atoms with Crippen LogP contribution in [0, 0.1) is 5.92 Å². The molecule has 1 aromatic carbocycles. The molecule has 0 spiro atoms. The Morgan fingerprint density at radius 1 is 1.24 bits per heavy atom. The van der Waals surface area contributed by atoms with Crippen molar-refractivity contribution in [3.05, 3.63) is 56.2 Å². The van der Waals surface area contributed by atoms with Crippen molar-refractivity contribution in [3.8, 4) is 0 Å². The molecule has 21 heavy (non-hydrogen) atoms. The summed E-state index contributed by atoms with van der Waals surface area (Å²) in [5, 5.41) is 3.75. The largest absolute Gasteiger partial charge is 0.310 e. The highest BCUT2D eigenvalue weighted by atomic mass is 79.9. The summed E-state index contributed by atoms with van der Waals surface area (Å²) in [4.78, 5) is 1.49. The van der Waals surface area contributed by atoms with Crippen molar-refractivity contribution in [1.82, 2.24) is 5.32 Å². The molecule has 1 aliphatic carbocycles. The third-order valence-corrected chi connectivity index (χ3v) is 6.04. The molecule has 1 aromatic heterocycles. The van der Waals surface area contributed by atoms with Crippen LogP contribution in [0.15, 0.2) is 40.2 Å². The monoisotopic (exact) mass is 363 g/mol. The van der Waals surface area contributed by atoms with Crippen LogP contribution in [-0.4, -0.2) is 6.54 Å². The summed E-state index contributed by atoms with van der Waals surface area (Å²) in [6.07, 6.45) is 5.02. The highest BCUT2D eigenvalue weighted by Crippen LogP contribution is 2.36.